The van der Waals surface area contributed by atoms with Crippen molar-refractivity contribution in [3.8, 4) is 0 Å². The van der Waals surface area contributed by atoms with Gasteiger partial charge in [-0.3, -0.25) is 4.79 Å². The summed E-state index contributed by atoms with van der Waals surface area (Å²) in [5.74, 6) is 0.950. The monoisotopic (exact) mass is 214 g/mol. The number of carbonyl (C=O) groups is 1. The van der Waals surface area contributed by atoms with E-state index in [4.69, 9.17) is 5.11 Å². The van der Waals surface area contributed by atoms with E-state index in [1.165, 1.54) is 6.42 Å². The summed E-state index contributed by atoms with van der Waals surface area (Å²) < 4.78 is 0. The molecule has 3 atom stereocenters. The minimum atomic E-state index is -0.759. The maximum Gasteiger partial charge on any atom is 0.320 e. The second kappa shape index (κ2) is 5.47. The molecule has 1 aliphatic rings. The fraction of sp³-hybridized carbons (Fsp3) is 0.909. The Kier molecular flexibility index (Phi) is 4.54. The standard InChI is InChI=1S/C11H22N2O2/c1-8-6-9(8)7-13(3)5-4-10(12-2)11(14)15/h8-10,12H,4-7H2,1-3H3,(H,14,15). The highest BCUT2D eigenvalue weighted by molar-refractivity contribution is 5.73. The average molecular weight is 214 g/mol. The van der Waals surface area contributed by atoms with Crippen molar-refractivity contribution in [3.05, 3.63) is 0 Å². The minimum absolute atomic E-state index is 0.413. The van der Waals surface area contributed by atoms with E-state index in [1.54, 1.807) is 7.05 Å². The molecule has 15 heavy (non-hydrogen) atoms. The highest BCUT2D eigenvalue weighted by Crippen LogP contribution is 2.37. The SMILES string of the molecule is CNC(CCN(C)CC1CC1C)C(=O)O. The van der Waals surface area contributed by atoms with Gasteiger partial charge in [-0.2, -0.15) is 0 Å². The van der Waals surface area contributed by atoms with Crippen LogP contribution in [0.15, 0.2) is 0 Å². The maximum atomic E-state index is 10.7. The van der Waals surface area contributed by atoms with Gasteiger partial charge in [0, 0.05) is 6.54 Å². The van der Waals surface area contributed by atoms with E-state index in [2.05, 4.69) is 24.2 Å². The third kappa shape index (κ3) is 4.18. The highest BCUT2D eigenvalue weighted by Gasteiger charge is 2.33. The zero-order valence-corrected chi connectivity index (χ0v) is 9.86. The molecular weight excluding hydrogens is 192 g/mol. The Morgan fingerprint density at radius 2 is 2.27 bits per heavy atom. The molecule has 3 unspecified atom stereocenters. The van der Waals surface area contributed by atoms with Crippen LogP contribution in [0.4, 0.5) is 0 Å². The highest BCUT2D eigenvalue weighted by atomic mass is 16.4. The largest absolute Gasteiger partial charge is 0.480 e. The van der Waals surface area contributed by atoms with Crippen LogP contribution in [0, 0.1) is 11.8 Å². The van der Waals surface area contributed by atoms with Gasteiger partial charge in [-0.05, 0) is 45.3 Å². The summed E-state index contributed by atoms with van der Waals surface area (Å²) in [6.45, 7) is 4.23. The van der Waals surface area contributed by atoms with Gasteiger partial charge in [-0.1, -0.05) is 6.92 Å². The molecule has 0 heterocycles. The van der Waals surface area contributed by atoms with Crippen LogP contribution in [0.25, 0.3) is 0 Å². The summed E-state index contributed by atoms with van der Waals surface area (Å²) in [4.78, 5) is 13.0. The first-order valence-electron chi connectivity index (χ1n) is 5.63. The van der Waals surface area contributed by atoms with Crippen LogP contribution in [0.1, 0.15) is 19.8 Å². The first-order chi connectivity index (χ1) is 7.04. The summed E-state index contributed by atoms with van der Waals surface area (Å²) in [6, 6.07) is -0.413. The molecule has 0 aromatic heterocycles. The molecule has 1 fully saturated rings. The smallest absolute Gasteiger partial charge is 0.320 e. The molecule has 0 saturated heterocycles. The zero-order chi connectivity index (χ0) is 11.4. The Morgan fingerprint density at radius 3 is 2.67 bits per heavy atom. The average Bonchev–Trinajstić information content (AvgIpc) is 2.82. The number of hydrogen-bond acceptors (Lipinski definition) is 3. The molecule has 0 aromatic carbocycles. The number of nitrogens with one attached hydrogen (secondary N) is 1. The van der Waals surface area contributed by atoms with Gasteiger partial charge in [0.05, 0.1) is 0 Å². The van der Waals surface area contributed by atoms with Crippen molar-refractivity contribution in [2.75, 3.05) is 27.2 Å². The fourth-order valence-electron chi connectivity index (χ4n) is 1.89. The van der Waals surface area contributed by atoms with Crippen molar-refractivity contribution in [1.29, 1.82) is 0 Å². The molecule has 0 radical (unpaired) electrons. The van der Waals surface area contributed by atoms with E-state index in [-0.39, 0.29) is 0 Å². The molecule has 1 rings (SSSR count). The van der Waals surface area contributed by atoms with Crippen molar-refractivity contribution >= 4 is 5.97 Å². The van der Waals surface area contributed by atoms with Gasteiger partial charge in [-0.15, -0.1) is 0 Å². The van der Waals surface area contributed by atoms with Gasteiger partial charge in [0.1, 0.15) is 6.04 Å². The number of nitrogens with zero attached hydrogens (tertiary/aromatic N) is 1. The summed E-state index contributed by atoms with van der Waals surface area (Å²) >= 11 is 0. The van der Waals surface area contributed by atoms with Gasteiger partial charge in [0.2, 0.25) is 0 Å². The molecule has 0 bridgehead atoms. The minimum Gasteiger partial charge on any atom is -0.480 e. The summed E-state index contributed by atoms with van der Waals surface area (Å²) in [5.41, 5.74) is 0. The van der Waals surface area contributed by atoms with Crippen molar-refractivity contribution < 1.29 is 9.90 Å². The Morgan fingerprint density at radius 1 is 1.67 bits per heavy atom. The lowest BCUT2D eigenvalue weighted by Gasteiger charge is -2.19. The first kappa shape index (κ1) is 12.5. The number of hydrogen-bond donors (Lipinski definition) is 2. The number of rotatable bonds is 7. The van der Waals surface area contributed by atoms with Gasteiger partial charge in [0.15, 0.2) is 0 Å². The third-order valence-electron chi connectivity index (χ3n) is 3.27. The quantitative estimate of drug-likeness (QED) is 0.653. The lowest BCUT2D eigenvalue weighted by Crippen LogP contribution is -2.37. The molecule has 4 nitrogen and oxygen atoms in total. The molecule has 0 aliphatic heterocycles. The lowest BCUT2D eigenvalue weighted by molar-refractivity contribution is -0.139. The van der Waals surface area contributed by atoms with Crippen LogP contribution in [0.2, 0.25) is 0 Å². The third-order valence-corrected chi connectivity index (χ3v) is 3.27. The molecule has 2 N–H and O–H groups in total. The van der Waals surface area contributed by atoms with Crippen LogP contribution in [0.5, 0.6) is 0 Å². The van der Waals surface area contributed by atoms with Crippen LogP contribution >= 0.6 is 0 Å². The fourth-order valence-corrected chi connectivity index (χ4v) is 1.89. The summed E-state index contributed by atoms with van der Waals surface area (Å²) in [7, 11) is 3.77. The second-order valence-corrected chi connectivity index (χ2v) is 4.70. The molecule has 1 saturated carbocycles. The normalized spacial score (nSPS) is 26.7. The van der Waals surface area contributed by atoms with Gasteiger partial charge in [0.25, 0.3) is 0 Å². The van der Waals surface area contributed by atoms with E-state index in [0.717, 1.165) is 24.9 Å². The Bertz CT molecular complexity index is 221. The lowest BCUT2D eigenvalue weighted by atomic mass is 10.2. The Hall–Kier alpha value is -0.610. The number of likely N-dealkylation sites (N-methyl/N-ethyl adjacent to an activating group) is 1. The topological polar surface area (TPSA) is 52.6 Å². The predicted octanol–water partition coefficient (Wildman–Crippen LogP) is 0.637. The van der Waals surface area contributed by atoms with Gasteiger partial charge in [-0.25, -0.2) is 0 Å². The molecular formula is C11H22N2O2. The van der Waals surface area contributed by atoms with E-state index >= 15 is 0 Å². The molecule has 1 aliphatic carbocycles. The zero-order valence-electron chi connectivity index (χ0n) is 9.86. The number of carboxylic acid groups (broad SMARTS) is 1. The molecule has 0 amide bonds. The Labute approximate surface area is 91.6 Å². The van der Waals surface area contributed by atoms with Gasteiger partial charge < -0.3 is 15.3 Å². The van der Waals surface area contributed by atoms with Crippen molar-refractivity contribution in [2.24, 2.45) is 11.8 Å². The van der Waals surface area contributed by atoms with E-state index in [1.807, 2.05) is 0 Å². The van der Waals surface area contributed by atoms with E-state index in [0.29, 0.717) is 6.42 Å². The van der Waals surface area contributed by atoms with Crippen LogP contribution < -0.4 is 5.32 Å². The molecule has 0 aromatic rings. The van der Waals surface area contributed by atoms with E-state index < -0.39 is 12.0 Å². The van der Waals surface area contributed by atoms with E-state index in [9.17, 15) is 4.79 Å². The first-order valence-corrected chi connectivity index (χ1v) is 5.63. The van der Waals surface area contributed by atoms with Crippen molar-refractivity contribution in [3.63, 3.8) is 0 Å². The van der Waals surface area contributed by atoms with Crippen molar-refractivity contribution in [1.82, 2.24) is 10.2 Å². The summed E-state index contributed by atoms with van der Waals surface area (Å²) in [5, 5.41) is 11.6. The summed E-state index contributed by atoms with van der Waals surface area (Å²) in [6.07, 6.45) is 2.00. The number of carboxylic acids is 1. The van der Waals surface area contributed by atoms with Gasteiger partial charge >= 0.3 is 5.97 Å². The van der Waals surface area contributed by atoms with Crippen LogP contribution in [0.3, 0.4) is 0 Å². The predicted molar refractivity (Wildman–Crippen MR) is 59.9 cm³/mol. The number of aliphatic carboxylic acids is 1. The second-order valence-electron chi connectivity index (χ2n) is 4.70. The molecule has 4 heteroatoms. The van der Waals surface area contributed by atoms with Crippen molar-refractivity contribution in [2.45, 2.75) is 25.8 Å². The van der Waals surface area contributed by atoms with Crippen LogP contribution in [-0.2, 0) is 4.79 Å². The van der Waals surface area contributed by atoms with Crippen LogP contribution in [-0.4, -0.2) is 49.2 Å². The molecule has 0 spiro atoms. The Balaban J connectivity index is 2.14. The maximum absolute atomic E-state index is 10.7. The molecule has 88 valence electrons.